The predicted octanol–water partition coefficient (Wildman–Crippen LogP) is 2.06. The van der Waals surface area contributed by atoms with Crippen LogP contribution >= 0.6 is 0 Å². The maximum Gasteiger partial charge on any atom is 0.175 e. The summed E-state index contributed by atoms with van der Waals surface area (Å²) in [5.41, 5.74) is 0.824. The summed E-state index contributed by atoms with van der Waals surface area (Å²) in [5, 5.41) is 0. The zero-order valence-corrected chi connectivity index (χ0v) is 10.7. The Hall–Kier alpha value is -1.88. The molecule has 0 saturated heterocycles. The van der Waals surface area contributed by atoms with Gasteiger partial charge in [-0.15, -0.1) is 0 Å². The maximum atomic E-state index is 11.3. The van der Waals surface area contributed by atoms with Crippen LogP contribution in [0.15, 0.2) is 53.6 Å². The predicted molar refractivity (Wildman–Crippen MR) is 68.1 cm³/mol. The Kier molecular flexibility index (Phi) is 3.62. The van der Waals surface area contributed by atoms with Crippen LogP contribution < -0.4 is 4.74 Å². The summed E-state index contributed by atoms with van der Waals surface area (Å²) in [7, 11) is -3.15. The first kappa shape index (κ1) is 12.6. The SMILES string of the molecule is CS(=O)(=O)c1ccc(OCc2ccccn2)cc1. The minimum absolute atomic E-state index is 0.285. The van der Waals surface area contributed by atoms with E-state index in [1.165, 1.54) is 18.4 Å². The Morgan fingerprint density at radius 3 is 2.39 bits per heavy atom. The lowest BCUT2D eigenvalue weighted by atomic mass is 10.3. The summed E-state index contributed by atoms with van der Waals surface area (Å²) in [5.74, 6) is 0.619. The molecule has 0 atom stereocenters. The van der Waals surface area contributed by atoms with Crippen LogP contribution in [0.2, 0.25) is 0 Å². The van der Waals surface area contributed by atoms with E-state index in [-0.39, 0.29) is 4.90 Å². The number of rotatable bonds is 4. The van der Waals surface area contributed by atoms with E-state index in [9.17, 15) is 8.42 Å². The smallest absolute Gasteiger partial charge is 0.175 e. The standard InChI is InChI=1S/C13H13NO3S/c1-18(15,16)13-7-5-12(6-8-13)17-10-11-4-2-3-9-14-11/h2-9H,10H2,1H3. The largest absolute Gasteiger partial charge is 0.487 e. The Bertz CT molecular complexity index is 606. The molecular weight excluding hydrogens is 250 g/mol. The van der Waals surface area contributed by atoms with Gasteiger partial charge in [0.05, 0.1) is 10.6 Å². The molecule has 0 spiro atoms. The molecule has 94 valence electrons. The summed E-state index contributed by atoms with van der Waals surface area (Å²) in [4.78, 5) is 4.41. The van der Waals surface area contributed by atoms with Crippen molar-refractivity contribution in [3.05, 3.63) is 54.4 Å². The fourth-order valence-corrected chi connectivity index (χ4v) is 2.05. The number of ether oxygens (including phenoxy) is 1. The van der Waals surface area contributed by atoms with Crippen molar-refractivity contribution in [3.8, 4) is 5.75 Å². The second kappa shape index (κ2) is 5.18. The van der Waals surface area contributed by atoms with Crippen molar-refractivity contribution in [1.82, 2.24) is 4.98 Å². The lowest BCUT2D eigenvalue weighted by Crippen LogP contribution is -1.99. The third-order valence-electron chi connectivity index (χ3n) is 2.36. The van der Waals surface area contributed by atoms with Gasteiger partial charge < -0.3 is 4.74 Å². The van der Waals surface area contributed by atoms with Gasteiger partial charge in [-0.25, -0.2) is 8.42 Å². The van der Waals surface area contributed by atoms with Gasteiger partial charge in [-0.05, 0) is 36.4 Å². The summed E-state index contributed by atoms with van der Waals surface area (Å²) >= 11 is 0. The molecule has 2 aromatic rings. The fourth-order valence-electron chi connectivity index (χ4n) is 1.42. The Morgan fingerprint density at radius 2 is 1.83 bits per heavy atom. The van der Waals surface area contributed by atoms with Gasteiger partial charge in [-0.2, -0.15) is 0 Å². The third-order valence-corrected chi connectivity index (χ3v) is 3.49. The second-order valence-electron chi connectivity index (χ2n) is 3.85. The molecule has 4 nitrogen and oxygen atoms in total. The summed E-state index contributed by atoms with van der Waals surface area (Å²) in [6.45, 7) is 0.360. The van der Waals surface area contributed by atoms with Gasteiger partial charge in [-0.1, -0.05) is 6.07 Å². The van der Waals surface area contributed by atoms with Gasteiger partial charge in [-0.3, -0.25) is 4.98 Å². The number of pyridine rings is 1. The molecule has 0 radical (unpaired) electrons. The first-order valence-electron chi connectivity index (χ1n) is 5.38. The van der Waals surface area contributed by atoms with E-state index < -0.39 is 9.84 Å². The highest BCUT2D eigenvalue weighted by Gasteiger charge is 2.06. The molecular formula is C13H13NO3S. The number of nitrogens with zero attached hydrogens (tertiary/aromatic N) is 1. The molecule has 18 heavy (non-hydrogen) atoms. The number of benzene rings is 1. The first-order chi connectivity index (χ1) is 8.55. The van der Waals surface area contributed by atoms with E-state index in [4.69, 9.17) is 4.74 Å². The highest BCUT2D eigenvalue weighted by molar-refractivity contribution is 7.90. The van der Waals surface area contributed by atoms with Gasteiger partial charge in [0.1, 0.15) is 12.4 Å². The topological polar surface area (TPSA) is 56.3 Å². The molecule has 1 heterocycles. The molecule has 0 amide bonds. The monoisotopic (exact) mass is 263 g/mol. The van der Waals surface area contributed by atoms with E-state index in [2.05, 4.69) is 4.98 Å². The van der Waals surface area contributed by atoms with Gasteiger partial charge in [0, 0.05) is 12.5 Å². The minimum Gasteiger partial charge on any atom is -0.487 e. The Balaban J connectivity index is 2.03. The molecule has 0 N–H and O–H groups in total. The number of sulfone groups is 1. The quantitative estimate of drug-likeness (QED) is 0.847. The lowest BCUT2D eigenvalue weighted by Gasteiger charge is -2.06. The number of aromatic nitrogens is 1. The molecule has 1 aromatic carbocycles. The molecule has 5 heteroatoms. The second-order valence-corrected chi connectivity index (χ2v) is 5.87. The molecule has 2 rings (SSSR count). The zero-order chi connectivity index (χ0) is 13.0. The highest BCUT2D eigenvalue weighted by atomic mass is 32.2. The average molecular weight is 263 g/mol. The van der Waals surface area contributed by atoms with Crippen LogP contribution in [0.3, 0.4) is 0 Å². The van der Waals surface area contributed by atoms with E-state index >= 15 is 0 Å². The van der Waals surface area contributed by atoms with Crippen molar-refractivity contribution in [2.75, 3.05) is 6.26 Å². The van der Waals surface area contributed by atoms with E-state index in [1.54, 1.807) is 18.3 Å². The summed E-state index contributed by atoms with van der Waals surface area (Å²) in [6, 6.07) is 11.9. The molecule has 0 bridgehead atoms. The van der Waals surface area contributed by atoms with Crippen LogP contribution in [0.25, 0.3) is 0 Å². The highest BCUT2D eigenvalue weighted by Crippen LogP contribution is 2.16. The Labute approximate surface area is 106 Å². The van der Waals surface area contributed by atoms with Crippen molar-refractivity contribution in [2.45, 2.75) is 11.5 Å². The van der Waals surface area contributed by atoms with Crippen molar-refractivity contribution < 1.29 is 13.2 Å². The van der Waals surface area contributed by atoms with Crippen LogP contribution in [0.5, 0.6) is 5.75 Å². The molecule has 1 aromatic heterocycles. The lowest BCUT2D eigenvalue weighted by molar-refractivity contribution is 0.301. The van der Waals surface area contributed by atoms with Crippen LogP contribution in [-0.2, 0) is 16.4 Å². The van der Waals surface area contributed by atoms with Gasteiger partial charge in [0.15, 0.2) is 9.84 Å². The zero-order valence-electron chi connectivity index (χ0n) is 9.91. The normalized spacial score (nSPS) is 11.2. The van der Waals surface area contributed by atoms with Crippen LogP contribution in [0, 0.1) is 0 Å². The molecule has 0 unspecified atom stereocenters. The minimum atomic E-state index is -3.15. The number of hydrogen-bond donors (Lipinski definition) is 0. The van der Waals surface area contributed by atoms with E-state index in [0.717, 1.165) is 5.69 Å². The fraction of sp³-hybridized carbons (Fsp3) is 0.154. The van der Waals surface area contributed by atoms with Crippen molar-refractivity contribution in [1.29, 1.82) is 0 Å². The molecule has 0 saturated carbocycles. The first-order valence-corrected chi connectivity index (χ1v) is 7.28. The molecule has 0 fully saturated rings. The van der Waals surface area contributed by atoms with Crippen LogP contribution in [0.4, 0.5) is 0 Å². The molecule has 0 aliphatic rings. The third kappa shape index (κ3) is 3.30. The maximum absolute atomic E-state index is 11.3. The summed E-state index contributed by atoms with van der Waals surface area (Å²) < 4.78 is 28.0. The van der Waals surface area contributed by atoms with E-state index in [1.807, 2.05) is 18.2 Å². The summed E-state index contributed by atoms with van der Waals surface area (Å²) in [6.07, 6.45) is 2.88. The van der Waals surface area contributed by atoms with Gasteiger partial charge >= 0.3 is 0 Å². The average Bonchev–Trinajstić information content (AvgIpc) is 2.37. The number of hydrogen-bond acceptors (Lipinski definition) is 4. The van der Waals surface area contributed by atoms with Crippen LogP contribution in [-0.4, -0.2) is 19.7 Å². The van der Waals surface area contributed by atoms with Gasteiger partial charge in [0.25, 0.3) is 0 Å². The van der Waals surface area contributed by atoms with Crippen LogP contribution in [0.1, 0.15) is 5.69 Å². The van der Waals surface area contributed by atoms with Crippen molar-refractivity contribution in [2.24, 2.45) is 0 Å². The van der Waals surface area contributed by atoms with Crippen molar-refractivity contribution >= 4 is 9.84 Å². The molecule has 0 aliphatic carbocycles. The van der Waals surface area contributed by atoms with Crippen molar-refractivity contribution in [3.63, 3.8) is 0 Å². The van der Waals surface area contributed by atoms with Gasteiger partial charge in [0.2, 0.25) is 0 Å². The molecule has 0 aliphatic heterocycles. The van der Waals surface area contributed by atoms with E-state index in [0.29, 0.717) is 12.4 Å². The Morgan fingerprint density at radius 1 is 1.11 bits per heavy atom.